The van der Waals surface area contributed by atoms with Crippen molar-refractivity contribution in [3.63, 3.8) is 0 Å². The quantitative estimate of drug-likeness (QED) is 0.484. The van der Waals surface area contributed by atoms with Gasteiger partial charge in [-0.2, -0.15) is 0 Å². The maximum absolute atomic E-state index is 11.9. The Hall–Kier alpha value is -0.975. The summed E-state index contributed by atoms with van der Waals surface area (Å²) in [5.41, 5.74) is 0. The zero-order valence-electron chi connectivity index (χ0n) is 5.98. The minimum Gasteiger partial charge on any atom is -0.402 e. The molecule has 6 heteroatoms. The molecule has 0 saturated heterocycles. The maximum Gasteiger partial charge on any atom is 0.631 e. The highest BCUT2D eigenvalue weighted by Gasteiger charge is 1.92. The molecule has 0 amide bonds. The Morgan fingerprint density at radius 2 is 1.33 bits per heavy atom. The minimum atomic E-state index is -2.17. The molecule has 1 aromatic rings. The highest BCUT2D eigenvalue weighted by atomic mass is 19.1. The highest BCUT2D eigenvalue weighted by Crippen LogP contribution is 1.99. The molecule has 0 fully saturated rings. The molecule has 12 heavy (non-hydrogen) atoms. The number of halogens is 2. The van der Waals surface area contributed by atoms with E-state index in [9.17, 15) is 8.78 Å². The van der Waals surface area contributed by atoms with Gasteiger partial charge in [-0.05, 0) is 12.1 Å². The summed E-state index contributed by atoms with van der Waals surface area (Å²) in [6.45, 7) is 0. The van der Waals surface area contributed by atoms with Crippen molar-refractivity contribution in [2.24, 2.45) is 0 Å². The average molecular weight is 176 g/mol. The molecule has 0 bridgehead atoms. The monoisotopic (exact) mass is 176 g/mol. The fourth-order valence-corrected chi connectivity index (χ4v) is 0.460. The van der Waals surface area contributed by atoms with Gasteiger partial charge >= 0.3 is 7.32 Å². The first kappa shape index (κ1) is 11.0. The molecule has 0 unspecified atom stereocenters. The van der Waals surface area contributed by atoms with Crippen LogP contribution in [0.3, 0.4) is 0 Å². The molecular weight excluding hydrogens is 169 g/mol. The molecule has 0 aliphatic carbocycles. The molecule has 1 rings (SSSR count). The lowest BCUT2D eigenvalue weighted by atomic mass is 10.3. The van der Waals surface area contributed by atoms with Gasteiger partial charge in [0.05, 0.1) is 0 Å². The van der Waals surface area contributed by atoms with Gasteiger partial charge < -0.3 is 15.1 Å². The van der Waals surface area contributed by atoms with Crippen LogP contribution in [0.5, 0.6) is 0 Å². The number of benzene rings is 1. The van der Waals surface area contributed by atoms with Crippen molar-refractivity contribution in [2.45, 2.75) is 0 Å². The molecule has 0 aliphatic heterocycles. The lowest BCUT2D eigenvalue weighted by molar-refractivity contribution is 0.278. The minimum absolute atomic E-state index is 0.537. The summed E-state index contributed by atoms with van der Waals surface area (Å²) in [5.74, 6) is -1.07. The van der Waals surface area contributed by atoms with Crippen molar-refractivity contribution in [1.82, 2.24) is 0 Å². The normalized spacial score (nSPS) is 8.42. The fraction of sp³-hybridized carbons (Fsp3) is 0. The lowest BCUT2D eigenvalue weighted by Crippen LogP contribution is -2.07. The van der Waals surface area contributed by atoms with Crippen LogP contribution < -0.4 is 0 Å². The van der Waals surface area contributed by atoms with Crippen molar-refractivity contribution in [1.29, 1.82) is 0 Å². The summed E-state index contributed by atoms with van der Waals surface area (Å²) in [6.07, 6.45) is 0. The Bertz CT molecular complexity index is 212. The Labute approximate surface area is 68.1 Å². The van der Waals surface area contributed by atoms with Crippen molar-refractivity contribution in [3.05, 3.63) is 35.9 Å². The molecule has 0 aromatic heterocycles. The van der Waals surface area contributed by atoms with E-state index in [4.69, 9.17) is 15.1 Å². The summed E-state index contributed by atoms with van der Waals surface area (Å²) in [4.78, 5) is 0. The van der Waals surface area contributed by atoms with E-state index in [-0.39, 0.29) is 0 Å². The third-order valence-electron chi connectivity index (χ3n) is 0.787. The first-order valence-corrected chi connectivity index (χ1v) is 2.97. The average Bonchev–Trinajstić information content (AvgIpc) is 1.84. The zero-order chi connectivity index (χ0) is 9.56. The van der Waals surface area contributed by atoms with Crippen LogP contribution in [-0.4, -0.2) is 22.4 Å². The molecule has 3 N–H and O–H groups in total. The van der Waals surface area contributed by atoms with Crippen LogP contribution >= 0.6 is 0 Å². The van der Waals surface area contributed by atoms with E-state index in [1.54, 1.807) is 0 Å². The van der Waals surface area contributed by atoms with E-state index in [1.165, 1.54) is 18.2 Å². The number of hydrogen-bond acceptors (Lipinski definition) is 3. The van der Waals surface area contributed by atoms with E-state index >= 15 is 0 Å². The summed E-state index contributed by atoms with van der Waals surface area (Å²) < 4.78 is 23.9. The van der Waals surface area contributed by atoms with E-state index < -0.39 is 19.0 Å². The second-order valence-corrected chi connectivity index (χ2v) is 1.79. The number of hydrogen-bond donors (Lipinski definition) is 3. The standard InChI is InChI=1S/C6H4F2.BH3O3/c7-5-2-1-3-6(8)4-5;2-1(3)4/h1-4H;2-4H. The van der Waals surface area contributed by atoms with Crippen LogP contribution in [0.15, 0.2) is 24.3 Å². The molecule has 0 saturated carbocycles. The van der Waals surface area contributed by atoms with E-state index in [0.29, 0.717) is 0 Å². The Balaban J connectivity index is 0.000000261. The summed E-state index contributed by atoms with van der Waals surface area (Å²) in [5, 5.41) is 21.5. The predicted molar refractivity (Wildman–Crippen MR) is 38.8 cm³/mol. The van der Waals surface area contributed by atoms with Crippen LogP contribution in [0.1, 0.15) is 0 Å². The van der Waals surface area contributed by atoms with Gasteiger partial charge in [0, 0.05) is 6.07 Å². The van der Waals surface area contributed by atoms with Crippen molar-refractivity contribution in [3.8, 4) is 0 Å². The topological polar surface area (TPSA) is 60.7 Å². The van der Waals surface area contributed by atoms with Crippen molar-refractivity contribution < 1.29 is 23.9 Å². The SMILES string of the molecule is Fc1cccc(F)c1.OB(O)O. The van der Waals surface area contributed by atoms with Crippen LogP contribution in [0.4, 0.5) is 8.78 Å². The molecule has 0 heterocycles. The maximum atomic E-state index is 11.9. The predicted octanol–water partition coefficient (Wildman–Crippen LogP) is -0.0870. The molecular formula is C6H7BF2O3. The van der Waals surface area contributed by atoms with Gasteiger partial charge in [-0.3, -0.25) is 0 Å². The van der Waals surface area contributed by atoms with Gasteiger partial charge in [0.15, 0.2) is 0 Å². The Morgan fingerprint density at radius 1 is 1.00 bits per heavy atom. The van der Waals surface area contributed by atoms with E-state index in [0.717, 1.165) is 6.07 Å². The number of rotatable bonds is 0. The highest BCUT2D eigenvalue weighted by molar-refractivity contribution is 6.30. The fourth-order valence-electron chi connectivity index (χ4n) is 0.460. The van der Waals surface area contributed by atoms with Gasteiger partial charge in [-0.25, -0.2) is 8.78 Å². The largest absolute Gasteiger partial charge is 0.631 e. The first-order valence-electron chi connectivity index (χ1n) is 2.97. The van der Waals surface area contributed by atoms with Crippen LogP contribution in [0.2, 0.25) is 0 Å². The summed E-state index contributed by atoms with van der Waals surface area (Å²) >= 11 is 0. The Kier molecular flexibility index (Phi) is 5.19. The molecule has 0 radical (unpaired) electrons. The first-order chi connectivity index (χ1) is 5.52. The van der Waals surface area contributed by atoms with Crippen molar-refractivity contribution in [2.75, 3.05) is 0 Å². The van der Waals surface area contributed by atoms with Gasteiger partial charge in [-0.1, -0.05) is 6.07 Å². The van der Waals surface area contributed by atoms with Gasteiger partial charge in [0.2, 0.25) is 0 Å². The smallest absolute Gasteiger partial charge is 0.402 e. The Morgan fingerprint density at radius 3 is 1.50 bits per heavy atom. The molecule has 0 aliphatic rings. The molecule has 66 valence electrons. The summed E-state index contributed by atoms with van der Waals surface area (Å²) in [6, 6.07) is 4.55. The molecule has 3 nitrogen and oxygen atoms in total. The molecule has 0 spiro atoms. The second-order valence-electron chi connectivity index (χ2n) is 1.79. The van der Waals surface area contributed by atoms with Gasteiger partial charge in [-0.15, -0.1) is 0 Å². The van der Waals surface area contributed by atoms with Crippen LogP contribution in [0.25, 0.3) is 0 Å². The van der Waals surface area contributed by atoms with Gasteiger partial charge in [0.1, 0.15) is 11.6 Å². The molecule has 0 atom stereocenters. The zero-order valence-corrected chi connectivity index (χ0v) is 5.98. The van der Waals surface area contributed by atoms with E-state index in [2.05, 4.69) is 0 Å². The van der Waals surface area contributed by atoms with Gasteiger partial charge in [0.25, 0.3) is 0 Å². The van der Waals surface area contributed by atoms with E-state index in [1.807, 2.05) is 0 Å². The summed E-state index contributed by atoms with van der Waals surface area (Å²) in [7, 11) is -2.17. The second kappa shape index (κ2) is 5.65. The third kappa shape index (κ3) is 7.14. The lowest BCUT2D eigenvalue weighted by Gasteiger charge is -1.84. The third-order valence-corrected chi connectivity index (χ3v) is 0.787. The van der Waals surface area contributed by atoms with Crippen LogP contribution in [0, 0.1) is 11.6 Å². The van der Waals surface area contributed by atoms with Crippen molar-refractivity contribution >= 4 is 7.32 Å². The van der Waals surface area contributed by atoms with Crippen LogP contribution in [-0.2, 0) is 0 Å². The molecule has 1 aromatic carbocycles.